The molecule has 150 valence electrons. The summed E-state index contributed by atoms with van der Waals surface area (Å²) in [6.45, 7) is 4.61. The summed E-state index contributed by atoms with van der Waals surface area (Å²) in [4.78, 5) is 2.58. The zero-order valence-electron chi connectivity index (χ0n) is 17.4. The van der Waals surface area contributed by atoms with Gasteiger partial charge in [0.05, 0.1) is 7.11 Å². The minimum Gasteiger partial charge on any atom is -0.497 e. The van der Waals surface area contributed by atoms with Gasteiger partial charge in [0.1, 0.15) is 5.75 Å². The second-order valence-corrected chi connectivity index (χ2v) is 8.17. The first-order chi connectivity index (χ1) is 14.2. The van der Waals surface area contributed by atoms with E-state index in [2.05, 4.69) is 64.3 Å². The molecule has 0 atom stereocenters. The number of methoxy groups -OCH3 is 1. The largest absolute Gasteiger partial charge is 0.497 e. The average Bonchev–Trinajstić information content (AvgIpc) is 3.06. The van der Waals surface area contributed by atoms with Crippen LogP contribution < -0.4 is 10.1 Å². The zero-order valence-corrected chi connectivity index (χ0v) is 17.4. The van der Waals surface area contributed by atoms with Gasteiger partial charge in [-0.25, -0.2) is 0 Å². The van der Waals surface area contributed by atoms with E-state index in [1.54, 1.807) is 7.11 Å². The highest BCUT2D eigenvalue weighted by atomic mass is 16.5. The second-order valence-electron chi connectivity index (χ2n) is 8.17. The Labute approximate surface area is 172 Å². The van der Waals surface area contributed by atoms with Gasteiger partial charge in [-0.15, -0.1) is 0 Å². The monoisotopic (exact) mass is 387 g/mol. The van der Waals surface area contributed by atoms with Gasteiger partial charge in [0.2, 0.25) is 0 Å². The van der Waals surface area contributed by atoms with Gasteiger partial charge >= 0.3 is 0 Å². The number of piperidine rings is 1. The van der Waals surface area contributed by atoms with Crippen molar-refractivity contribution in [3.8, 4) is 5.75 Å². The summed E-state index contributed by atoms with van der Waals surface area (Å²) in [7, 11) is 3.87. The van der Waals surface area contributed by atoms with Crippen LogP contribution in [0.5, 0.6) is 5.75 Å². The molecule has 0 amide bonds. The van der Waals surface area contributed by atoms with Crippen molar-refractivity contribution in [1.29, 1.82) is 0 Å². The molecule has 1 N–H and O–H groups in total. The molecule has 0 spiro atoms. The summed E-state index contributed by atoms with van der Waals surface area (Å²) in [5.41, 5.74) is 3.69. The van der Waals surface area contributed by atoms with Crippen molar-refractivity contribution < 1.29 is 4.74 Å². The smallest absolute Gasteiger partial charge is 0.119 e. The highest BCUT2D eigenvalue weighted by molar-refractivity contribution is 6.21. The van der Waals surface area contributed by atoms with E-state index in [-0.39, 0.29) is 0 Å². The number of hydrogen-bond acceptors (Lipinski definition) is 3. The molecule has 4 heteroatoms. The summed E-state index contributed by atoms with van der Waals surface area (Å²) in [5.74, 6) is 0.901. The van der Waals surface area contributed by atoms with Crippen LogP contribution in [-0.4, -0.2) is 42.8 Å². The Balaban J connectivity index is 1.53. The summed E-state index contributed by atoms with van der Waals surface area (Å²) in [5, 5.41) is 8.77. The molecular weight excluding hydrogens is 358 g/mol. The van der Waals surface area contributed by atoms with E-state index in [9.17, 15) is 0 Å². The van der Waals surface area contributed by atoms with Crippen LogP contribution in [0.3, 0.4) is 0 Å². The number of rotatable bonds is 5. The van der Waals surface area contributed by atoms with E-state index in [1.807, 2.05) is 6.07 Å². The Bertz CT molecular complexity index is 1170. The Morgan fingerprint density at radius 3 is 2.52 bits per heavy atom. The van der Waals surface area contributed by atoms with Gasteiger partial charge in [-0.3, -0.25) is 0 Å². The molecule has 29 heavy (non-hydrogen) atoms. The van der Waals surface area contributed by atoms with Crippen molar-refractivity contribution in [2.45, 2.75) is 19.3 Å². The second kappa shape index (κ2) is 7.60. The van der Waals surface area contributed by atoms with Crippen molar-refractivity contribution in [3.63, 3.8) is 0 Å². The van der Waals surface area contributed by atoms with E-state index in [0.717, 1.165) is 18.8 Å². The van der Waals surface area contributed by atoms with Gasteiger partial charge in [-0.1, -0.05) is 18.6 Å². The number of aryl methyl sites for hydroxylation is 1. The molecule has 4 aromatic rings. The minimum atomic E-state index is 0.901. The molecule has 1 aromatic heterocycles. The number of nitrogens with zero attached hydrogens (tertiary/aromatic N) is 2. The molecule has 0 saturated carbocycles. The number of benzene rings is 3. The Morgan fingerprint density at radius 1 is 0.897 bits per heavy atom. The van der Waals surface area contributed by atoms with Crippen LogP contribution in [0.4, 0.5) is 5.69 Å². The van der Waals surface area contributed by atoms with Crippen LogP contribution in [0.2, 0.25) is 0 Å². The molecular formula is C25H29N3O. The topological polar surface area (TPSA) is 29.4 Å². The SMILES string of the molecule is COc1ccc2c(c1)c1c3cc(NCCN4CCCCC4)ccc3ccc1n2C. The third-order valence-electron chi connectivity index (χ3n) is 6.40. The zero-order chi connectivity index (χ0) is 19.8. The van der Waals surface area contributed by atoms with Gasteiger partial charge in [0.25, 0.3) is 0 Å². The van der Waals surface area contributed by atoms with Crippen LogP contribution >= 0.6 is 0 Å². The van der Waals surface area contributed by atoms with Gasteiger partial charge in [0.15, 0.2) is 0 Å². The van der Waals surface area contributed by atoms with Crippen molar-refractivity contribution in [1.82, 2.24) is 9.47 Å². The first-order valence-electron chi connectivity index (χ1n) is 10.7. The van der Waals surface area contributed by atoms with Crippen LogP contribution in [-0.2, 0) is 7.05 Å². The maximum absolute atomic E-state index is 5.50. The molecule has 0 unspecified atom stereocenters. The summed E-state index contributed by atoms with van der Waals surface area (Å²) in [6, 6.07) is 17.6. The third-order valence-corrected chi connectivity index (χ3v) is 6.40. The first kappa shape index (κ1) is 18.3. The number of nitrogens with one attached hydrogen (secondary N) is 1. The maximum Gasteiger partial charge on any atom is 0.119 e. The van der Waals surface area contributed by atoms with Gasteiger partial charge < -0.3 is 19.5 Å². The van der Waals surface area contributed by atoms with Crippen LogP contribution in [0.1, 0.15) is 19.3 Å². The fraction of sp³-hybridized carbons (Fsp3) is 0.360. The lowest BCUT2D eigenvalue weighted by Crippen LogP contribution is -2.33. The van der Waals surface area contributed by atoms with Crippen molar-refractivity contribution in [2.24, 2.45) is 7.05 Å². The van der Waals surface area contributed by atoms with E-state index < -0.39 is 0 Å². The van der Waals surface area contributed by atoms with Gasteiger partial charge in [0, 0.05) is 47.6 Å². The molecule has 3 aromatic carbocycles. The lowest BCUT2D eigenvalue weighted by Gasteiger charge is -2.26. The maximum atomic E-state index is 5.50. The normalized spacial score (nSPS) is 15.4. The summed E-state index contributed by atoms with van der Waals surface area (Å²) < 4.78 is 7.78. The predicted octanol–water partition coefficient (Wildman–Crippen LogP) is 5.39. The molecule has 1 aliphatic heterocycles. The van der Waals surface area contributed by atoms with Crippen LogP contribution in [0.15, 0.2) is 48.5 Å². The number of ether oxygens (including phenoxy) is 1. The molecule has 0 aliphatic carbocycles. The molecule has 5 rings (SSSR count). The molecule has 4 nitrogen and oxygen atoms in total. The molecule has 1 aliphatic rings. The number of aromatic nitrogens is 1. The lowest BCUT2D eigenvalue weighted by molar-refractivity contribution is 0.237. The molecule has 0 radical (unpaired) electrons. The Morgan fingerprint density at radius 2 is 1.69 bits per heavy atom. The molecule has 1 fully saturated rings. The quantitative estimate of drug-likeness (QED) is 0.498. The fourth-order valence-corrected chi connectivity index (χ4v) is 4.79. The predicted molar refractivity (Wildman–Crippen MR) is 123 cm³/mol. The Kier molecular flexibility index (Phi) is 4.80. The molecule has 1 saturated heterocycles. The first-order valence-corrected chi connectivity index (χ1v) is 10.7. The minimum absolute atomic E-state index is 0.901. The summed E-state index contributed by atoms with van der Waals surface area (Å²) in [6.07, 6.45) is 4.08. The van der Waals surface area contributed by atoms with Crippen LogP contribution in [0, 0.1) is 0 Å². The van der Waals surface area contributed by atoms with Gasteiger partial charge in [-0.2, -0.15) is 0 Å². The third kappa shape index (κ3) is 3.32. The lowest BCUT2D eigenvalue weighted by atomic mass is 10.0. The number of fused-ring (bicyclic) bond motifs is 5. The average molecular weight is 388 g/mol. The van der Waals surface area contributed by atoms with Crippen molar-refractivity contribution >= 4 is 38.3 Å². The number of likely N-dealkylation sites (tertiary alicyclic amines) is 1. The molecule has 2 heterocycles. The number of anilines is 1. The van der Waals surface area contributed by atoms with E-state index in [4.69, 9.17) is 4.74 Å². The highest BCUT2D eigenvalue weighted by Crippen LogP contribution is 2.36. The fourth-order valence-electron chi connectivity index (χ4n) is 4.79. The Hall–Kier alpha value is -2.72. The van der Waals surface area contributed by atoms with E-state index in [1.165, 1.54) is 70.6 Å². The van der Waals surface area contributed by atoms with E-state index >= 15 is 0 Å². The van der Waals surface area contributed by atoms with Gasteiger partial charge in [-0.05, 0) is 73.1 Å². The number of hydrogen-bond donors (Lipinski definition) is 1. The standard InChI is InChI=1S/C25H29N3O/c1-27-23-11-9-20(29-2)17-22(23)25-21-16-19(8-6-18(21)7-10-24(25)27)26-12-15-28-13-4-3-5-14-28/h6-11,16-17,26H,3-5,12-15H2,1-2H3. The summed E-state index contributed by atoms with van der Waals surface area (Å²) >= 11 is 0. The van der Waals surface area contributed by atoms with Crippen molar-refractivity contribution in [2.75, 3.05) is 38.6 Å². The van der Waals surface area contributed by atoms with E-state index in [0.29, 0.717) is 0 Å². The van der Waals surface area contributed by atoms with Crippen LogP contribution in [0.25, 0.3) is 32.6 Å². The highest BCUT2D eigenvalue weighted by Gasteiger charge is 2.13. The molecule has 0 bridgehead atoms. The van der Waals surface area contributed by atoms with Crippen molar-refractivity contribution in [3.05, 3.63) is 48.5 Å².